The first-order valence-corrected chi connectivity index (χ1v) is 21.7. The van der Waals surface area contributed by atoms with E-state index < -0.39 is 23.8 Å². The number of aldehydes is 1. The van der Waals surface area contributed by atoms with Gasteiger partial charge in [-0.25, -0.2) is 4.79 Å². The second-order valence-corrected chi connectivity index (χ2v) is 15.8. The van der Waals surface area contributed by atoms with Crippen molar-refractivity contribution in [1.29, 1.82) is 0 Å². The lowest BCUT2D eigenvalue weighted by Crippen LogP contribution is -2.70. The Balaban J connectivity index is 1.44. The van der Waals surface area contributed by atoms with Gasteiger partial charge in [-0.1, -0.05) is 36.2 Å². The molecule has 14 heteroatoms. The highest BCUT2D eigenvalue weighted by molar-refractivity contribution is 6.03. The SMILES string of the molecule is C=CCOC12Oc3ccc(Oc4ccc(OC)c(C=O)c4)cc3C3C(CCCCO)C(CCCCO)C=C(C(=NOCC)CC1N(Cc1ccc4c(c1)OCO4)C(=O)OCC)C32. The fraction of sp³-hybridized carbons (Fsp3) is 0.479. The number of rotatable bonds is 21. The Morgan fingerprint density at radius 3 is 2.45 bits per heavy atom. The number of carbonyl (C=O) groups is 2. The van der Waals surface area contributed by atoms with Crippen LogP contribution in [0.4, 0.5) is 4.79 Å². The van der Waals surface area contributed by atoms with Gasteiger partial charge < -0.3 is 48.2 Å². The molecule has 1 fully saturated rings. The maximum atomic E-state index is 14.5. The van der Waals surface area contributed by atoms with E-state index >= 15 is 0 Å². The molecular weight excluding hydrogens is 797 g/mol. The third-order valence-corrected chi connectivity index (χ3v) is 12.2. The Kier molecular flexibility index (Phi) is 14.7. The molecule has 0 spiro atoms. The van der Waals surface area contributed by atoms with Crippen LogP contribution in [0.3, 0.4) is 0 Å². The third kappa shape index (κ3) is 9.13. The predicted octanol–water partition coefficient (Wildman–Crippen LogP) is 8.34. The molecule has 0 bridgehead atoms. The summed E-state index contributed by atoms with van der Waals surface area (Å²) in [6.45, 7) is 8.62. The predicted molar refractivity (Wildman–Crippen MR) is 230 cm³/mol. The number of methoxy groups -OCH3 is 1. The van der Waals surface area contributed by atoms with E-state index in [-0.39, 0.29) is 63.9 Å². The number of allylic oxidation sites excluding steroid dienone is 1. The molecule has 6 unspecified atom stereocenters. The van der Waals surface area contributed by atoms with Gasteiger partial charge in [-0.2, -0.15) is 0 Å². The Hall–Kier alpha value is -5.57. The van der Waals surface area contributed by atoms with Crippen LogP contribution >= 0.6 is 0 Å². The summed E-state index contributed by atoms with van der Waals surface area (Å²) in [7, 11) is 1.51. The molecule has 0 aromatic heterocycles. The fourth-order valence-corrected chi connectivity index (χ4v) is 9.60. The molecule has 3 aromatic rings. The van der Waals surface area contributed by atoms with Gasteiger partial charge in [0.2, 0.25) is 12.6 Å². The smallest absolute Gasteiger partial charge is 0.410 e. The molecule has 2 N–H and O–H groups in total. The molecule has 2 aliphatic carbocycles. The number of amides is 1. The number of aliphatic hydroxyl groups is 2. The lowest BCUT2D eigenvalue weighted by Gasteiger charge is -2.59. The number of hydrogen-bond donors (Lipinski definition) is 2. The van der Waals surface area contributed by atoms with Crippen molar-refractivity contribution in [2.24, 2.45) is 22.9 Å². The number of hydrogen-bond acceptors (Lipinski definition) is 13. The number of unbranched alkanes of at least 4 members (excludes halogenated alkanes) is 2. The molecule has 14 nitrogen and oxygen atoms in total. The van der Waals surface area contributed by atoms with Crippen molar-refractivity contribution in [3.63, 3.8) is 0 Å². The zero-order chi connectivity index (χ0) is 43.6. The van der Waals surface area contributed by atoms with Gasteiger partial charge in [0.1, 0.15) is 35.6 Å². The summed E-state index contributed by atoms with van der Waals surface area (Å²) < 4.78 is 43.4. The van der Waals surface area contributed by atoms with Crippen molar-refractivity contribution < 1.29 is 57.8 Å². The van der Waals surface area contributed by atoms with Crippen LogP contribution in [0.25, 0.3) is 0 Å². The third-order valence-electron chi connectivity index (χ3n) is 12.2. The van der Waals surface area contributed by atoms with Gasteiger partial charge in [0, 0.05) is 37.7 Å². The molecule has 4 aliphatic rings. The molecule has 7 rings (SSSR count). The number of nitrogens with zero attached hydrogens (tertiary/aromatic N) is 2. The topological polar surface area (TPSA) is 164 Å². The zero-order valence-corrected chi connectivity index (χ0v) is 35.8. The van der Waals surface area contributed by atoms with Gasteiger partial charge in [0.05, 0.1) is 37.5 Å². The number of fused-ring (bicyclic) bond motifs is 3. The zero-order valence-electron chi connectivity index (χ0n) is 35.8. The van der Waals surface area contributed by atoms with E-state index in [1.807, 2.05) is 43.3 Å². The van der Waals surface area contributed by atoms with Gasteiger partial charge in [-0.3, -0.25) is 9.69 Å². The van der Waals surface area contributed by atoms with Crippen LogP contribution in [0.15, 0.2) is 84.1 Å². The summed E-state index contributed by atoms with van der Waals surface area (Å²) in [5.74, 6) is 0.926. The van der Waals surface area contributed by atoms with Crippen LogP contribution in [0, 0.1) is 17.8 Å². The molecule has 1 amide bonds. The second-order valence-electron chi connectivity index (χ2n) is 15.8. The molecule has 0 radical (unpaired) electrons. The van der Waals surface area contributed by atoms with Crippen molar-refractivity contribution in [2.75, 3.05) is 46.9 Å². The van der Waals surface area contributed by atoms with Crippen LogP contribution in [-0.2, 0) is 20.9 Å². The highest BCUT2D eigenvalue weighted by Gasteiger charge is 2.65. The monoisotopic (exact) mass is 854 g/mol. The number of oxime groups is 1. The minimum atomic E-state index is -1.49. The number of carbonyl (C=O) groups excluding carboxylic acids is 2. The first-order chi connectivity index (χ1) is 30.3. The fourth-order valence-electron chi connectivity index (χ4n) is 9.60. The highest BCUT2D eigenvalue weighted by Crippen LogP contribution is 2.62. The Bertz CT molecular complexity index is 2120. The van der Waals surface area contributed by atoms with Crippen LogP contribution in [-0.4, -0.2) is 92.0 Å². The van der Waals surface area contributed by atoms with Crippen molar-refractivity contribution in [3.8, 4) is 34.5 Å². The lowest BCUT2D eigenvalue weighted by atomic mass is 9.55. The van der Waals surface area contributed by atoms with E-state index in [4.69, 9.17) is 43.2 Å². The molecule has 1 saturated carbocycles. The quantitative estimate of drug-likeness (QED) is 0.0456. The second kappa shape index (κ2) is 20.5. The minimum Gasteiger partial charge on any atom is -0.496 e. The van der Waals surface area contributed by atoms with E-state index in [0.29, 0.717) is 65.2 Å². The summed E-state index contributed by atoms with van der Waals surface area (Å²) in [6.07, 6.45) is 8.76. The Morgan fingerprint density at radius 1 is 0.952 bits per heavy atom. The molecule has 6 atom stereocenters. The van der Waals surface area contributed by atoms with Crippen molar-refractivity contribution in [3.05, 3.63) is 95.6 Å². The standard InChI is InChI=1S/C48H58N2O12/c1-5-22-59-48-44(50(47(54)56-6-2)28-31-14-17-42-43(23-31)58-30-57-42)27-39(49-60-7-3)37-25-32(12-8-10-20-51)36(13-9-11-21-52)45(46(37)48)38-26-35(16-19-41(38)62-48)61-34-15-18-40(55-4)33(24-34)29-53/h5,14-19,23-26,29,32,36,44-46,51-52H,1,6-13,20-22,27-28,30H2,2-4H3. The number of ether oxygens (including phenoxy) is 7. The minimum absolute atomic E-state index is 0.00162. The first kappa shape index (κ1) is 44.5. The van der Waals surface area contributed by atoms with Crippen LogP contribution in [0.1, 0.15) is 86.2 Å². The summed E-state index contributed by atoms with van der Waals surface area (Å²) in [5.41, 5.74) is 3.60. The maximum absolute atomic E-state index is 14.5. The average molecular weight is 855 g/mol. The average Bonchev–Trinajstić information content (AvgIpc) is 3.76. The van der Waals surface area contributed by atoms with E-state index in [1.54, 1.807) is 36.1 Å². The molecule has 62 heavy (non-hydrogen) atoms. The van der Waals surface area contributed by atoms with Gasteiger partial charge in [-0.05, 0) is 111 Å². The summed E-state index contributed by atoms with van der Waals surface area (Å²) >= 11 is 0. The molecular formula is C48H58N2O12. The van der Waals surface area contributed by atoms with Crippen LogP contribution < -0.4 is 23.7 Å². The van der Waals surface area contributed by atoms with E-state index in [2.05, 4.69) is 12.7 Å². The Labute approximate surface area is 363 Å². The molecule has 2 aliphatic heterocycles. The lowest BCUT2D eigenvalue weighted by molar-refractivity contribution is -0.256. The largest absolute Gasteiger partial charge is 0.496 e. The Morgan fingerprint density at radius 2 is 1.71 bits per heavy atom. The number of aliphatic hydroxyl groups excluding tert-OH is 2. The van der Waals surface area contributed by atoms with Crippen molar-refractivity contribution in [1.82, 2.24) is 4.90 Å². The normalized spacial score (nSPS) is 23.6. The van der Waals surface area contributed by atoms with Gasteiger partial charge >= 0.3 is 6.09 Å². The van der Waals surface area contributed by atoms with E-state index in [9.17, 15) is 19.8 Å². The van der Waals surface area contributed by atoms with Gasteiger partial charge in [-0.15, -0.1) is 6.58 Å². The summed E-state index contributed by atoms with van der Waals surface area (Å²) in [6, 6.07) is 15.6. The molecule has 2 heterocycles. The molecule has 3 aromatic carbocycles. The number of benzene rings is 3. The van der Waals surface area contributed by atoms with Crippen LogP contribution in [0.5, 0.6) is 34.5 Å². The summed E-state index contributed by atoms with van der Waals surface area (Å²) in [5, 5.41) is 24.6. The van der Waals surface area contributed by atoms with Gasteiger partial charge in [0.15, 0.2) is 17.8 Å². The summed E-state index contributed by atoms with van der Waals surface area (Å²) in [4.78, 5) is 33.9. The van der Waals surface area contributed by atoms with Gasteiger partial charge in [0.25, 0.3) is 0 Å². The maximum Gasteiger partial charge on any atom is 0.410 e. The van der Waals surface area contributed by atoms with Crippen molar-refractivity contribution in [2.45, 2.75) is 83.1 Å². The van der Waals surface area contributed by atoms with Crippen LogP contribution in [0.2, 0.25) is 0 Å². The highest BCUT2D eigenvalue weighted by atomic mass is 16.7. The first-order valence-electron chi connectivity index (χ1n) is 21.7. The van der Waals surface area contributed by atoms with E-state index in [1.165, 1.54) is 7.11 Å². The van der Waals surface area contributed by atoms with Crippen molar-refractivity contribution >= 4 is 18.1 Å². The molecule has 0 saturated heterocycles. The molecule has 332 valence electrons. The van der Waals surface area contributed by atoms with E-state index in [0.717, 1.165) is 48.7 Å².